The first-order valence-corrected chi connectivity index (χ1v) is 13.9. The van der Waals surface area contributed by atoms with E-state index in [2.05, 4.69) is 17.0 Å². The van der Waals surface area contributed by atoms with Crippen molar-refractivity contribution in [3.63, 3.8) is 0 Å². The Morgan fingerprint density at radius 3 is 2.55 bits per heavy atom. The number of amides is 1. The molecule has 208 valence electrons. The minimum Gasteiger partial charge on any atom is -0.489 e. The number of ether oxygens (including phenoxy) is 1. The molecule has 3 aliphatic heterocycles. The van der Waals surface area contributed by atoms with Crippen LogP contribution >= 0.6 is 0 Å². The standard InChI is InChI=1S/C31H33FN4O4/c1-22(37)29-31(23-8-3-2-4-9-23,28-21-40-26-12-11-24(32)20-25(26)36(28)33-29)13-5-6-14-34-15-17-35(18-16-34)30(38)27-10-7-19-39-27/h2-4,7-12,19-20,28H,5-6,13-18,21H2,1H3/t28-,31+/m1/s1. The second-order valence-electron chi connectivity index (χ2n) is 10.7. The van der Waals surface area contributed by atoms with Crippen LogP contribution in [0.3, 0.4) is 0 Å². The number of fused-ring (bicyclic) bond motifs is 3. The number of anilines is 1. The SMILES string of the molecule is CC(=O)C1=NN2c3cc(F)ccc3OC[C@@H]2[C@]1(CCCCN1CCN(C(=O)c2ccco2)CC1)c1ccccc1. The summed E-state index contributed by atoms with van der Waals surface area (Å²) >= 11 is 0. The van der Waals surface area contributed by atoms with E-state index in [1.165, 1.54) is 18.4 Å². The molecule has 6 rings (SSSR count). The molecule has 0 N–H and O–H groups in total. The van der Waals surface area contributed by atoms with Crippen LogP contribution < -0.4 is 9.75 Å². The fourth-order valence-electron chi connectivity index (χ4n) is 6.38. The van der Waals surface area contributed by atoms with Gasteiger partial charge >= 0.3 is 0 Å². The fourth-order valence-corrected chi connectivity index (χ4v) is 6.38. The zero-order valence-electron chi connectivity index (χ0n) is 22.6. The van der Waals surface area contributed by atoms with Gasteiger partial charge in [-0.25, -0.2) is 4.39 Å². The minimum atomic E-state index is -0.675. The van der Waals surface area contributed by atoms with Gasteiger partial charge in [-0.3, -0.25) is 19.5 Å². The van der Waals surface area contributed by atoms with Crippen molar-refractivity contribution < 1.29 is 23.1 Å². The predicted molar refractivity (Wildman–Crippen MR) is 149 cm³/mol. The highest BCUT2D eigenvalue weighted by molar-refractivity contribution is 6.43. The third-order valence-electron chi connectivity index (χ3n) is 8.37. The maximum Gasteiger partial charge on any atom is 0.289 e. The first-order chi connectivity index (χ1) is 19.5. The van der Waals surface area contributed by atoms with Gasteiger partial charge in [0.1, 0.15) is 35.6 Å². The summed E-state index contributed by atoms with van der Waals surface area (Å²) in [6.45, 7) is 5.76. The van der Waals surface area contributed by atoms with Gasteiger partial charge in [0.2, 0.25) is 0 Å². The Kier molecular flexibility index (Phi) is 7.14. The molecule has 8 nitrogen and oxygen atoms in total. The molecule has 4 heterocycles. The number of hydrogen-bond donors (Lipinski definition) is 0. The number of rotatable bonds is 8. The lowest BCUT2D eigenvalue weighted by Gasteiger charge is -2.41. The summed E-state index contributed by atoms with van der Waals surface area (Å²) in [5.74, 6) is 0.426. The van der Waals surface area contributed by atoms with Crippen LogP contribution in [0, 0.1) is 5.82 Å². The first-order valence-electron chi connectivity index (χ1n) is 13.9. The Labute approximate surface area is 233 Å². The molecule has 0 bridgehead atoms. The third kappa shape index (κ3) is 4.68. The Hall–Kier alpha value is -3.98. The number of furan rings is 1. The summed E-state index contributed by atoms with van der Waals surface area (Å²) in [7, 11) is 0. The number of hydrogen-bond acceptors (Lipinski definition) is 7. The number of carbonyl (C=O) groups is 2. The monoisotopic (exact) mass is 544 g/mol. The molecule has 0 saturated carbocycles. The second-order valence-corrected chi connectivity index (χ2v) is 10.7. The Morgan fingerprint density at radius 2 is 1.82 bits per heavy atom. The summed E-state index contributed by atoms with van der Waals surface area (Å²) < 4.78 is 25.6. The lowest BCUT2D eigenvalue weighted by atomic mass is 9.67. The summed E-state index contributed by atoms with van der Waals surface area (Å²) in [5.41, 5.74) is 1.39. The van der Waals surface area contributed by atoms with Gasteiger partial charge in [0, 0.05) is 39.2 Å². The van der Waals surface area contributed by atoms with Gasteiger partial charge in [0.25, 0.3) is 5.91 Å². The average molecular weight is 545 g/mol. The number of nitrogens with zero attached hydrogens (tertiary/aromatic N) is 4. The molecule has 1 aromatic heterocycles. The smallest absolute Gasteiger partial charge is 0.289 e. The van der Waals surface area contributed by atoms with Gasteiger partial charge in [-0.05, 0) is 49.2 Å². The van der Waals surface area contributed by atoms with Gasteiger partial charge in [-0.2, -0.15) is 5.10 Å². The van der Waals surface area contributed by atoms with Crippen molar-refractivity contribution in [2.24, 2.45) is 5.10 Å². The lowest BCUT2D eigenvalue weighted by Crippen LogP contribution is -2.53. The molecule has 3 aliphatic rings. The molecule has 0 unspecified atom stereocenters. The van der Waals surface area contributed by atoms with Crippen LogP contribution in [-0.4, -0.2) is 72.6 Å². The maximum atomic E-state index is 14.3. The van der Waals surface area contributed by atoms with Crippen molar-refractivity contribution in [1.82, 2.24) is 9.80 Å². The van der Waals surface area contributed by atoms with Gasteiger partial charge in [-0.1, -0.05) is 36.8 Å². The number of hydrazone groups is 1. The van der Waals surface area contributed by atoms with Crippen LogP contribution in [0.2, 0.25) is 0 Å². The van der Waals surface area contributed by atoms with Crippen molar-refractivity contribution in [3.05, 3.63) is 84.1 Å². The quantitative estimate of drug-likeness (QED) is 0.389. The van der Waals surface area contributed by atoms with Crippen LogP contribution in [0.1, 0.15) is 42.3 Å². The summed E-state index contributed by atoms with van der Waals surface area (Å²) in [5, 5.41) is 6.64. The highest BCUT2D eigenvalue weighted by Crippen LogP contribution is 2.48. The number of halogens is 1. The predicted octanol–water partition coefficient (Wildman–Crippen LogP) is 4.51. The zero-order valence-corrected chi connectivity index (χ0v) is 22.6. The van der Waals surface area contributed by atoms with Crippen LogP contribution in [0.25, 0.3) is 0 Å². The minimum absolute atomic E-state index is 0.0626. The Morgan fingerprint density at radius 1 is 1.02 bits per heavy atom. The first kappa shape index (κ1) is 26.3. The number of carbonyl (C=O) groups excluding carboxylic acids is 2. The number of Topliss-reactive ketones (excluding diaryl/α,β-unsaturated/α-hetero) is 1. The summed E-state index contributed by atoms with van der Waals surface area (Å²) in [6.07, 6.45) is 4.04. The van der Waals surface area contributed by atoms with E-state index in [4.69, 9.17) is 14.3 Å². The Bertz CT molecular complexity index is 1400. The van der Waals surface area contributed by atoms with E-state index in [0.717, 1.165) is 38.0 Å². The van der Waals surface area contributed by atoms with Gasteiger partial charge < -0.3 is 14.1 Å². The van der Waals surface area contributed by atoms with Gasteiger partial charge in [-0.15, -0.1) is 0 Å². The van der Waals surface area contributed by atoms with E-state index in [0.29, 0.717) is 49.0 Å². The number of unbranched alkanes of at least 4 members (excludes halogenated alkanes) is 1. The molecule has 9 heteroatoms. The molecular formula is C31H33FN4O4. The summed E-state index contributed by atoms with van der Waals surface area (Å²) in [4.78, 5) is 29.9. The Balaban J connectivity index is 1.17. The van der Waals surface area contributed by atoms with E-state index >= 15 is 0 Å². The highest BCUT2D eigenvalue weighted by Gasteiger charge is 2.55. The van der Waals surface area contributed by atoms with Gasteiger partial charge in [0.05, 0.1) is 11.7 Å². The summed E-state index contributed by atoms with van der Waals surface area (Å²) in [6, 6.07) is 17.6. The van der Waals surface area contributed by atoms with Crippen molar-refractivity contribution in [2.75, 3.05) is 44.3 Å². The number of benzene rings is 2. The maximum absolute atomic E-state index is 14.3. The normalized spacial score (nSPS) is 22.4. The number of piperazine rings is 1. The van der Waals surface area contributed by atoms with Crippen molar-refractivity contribution in [2.45, 2.75) is 37.6 Å². The van der Waals surface area contributed by atoms with Crippen molar-refractivity contribution >= 4 is 23.1 Å². The van der Waals surface area contributed by atoms with Gasteiger partial charge in [0.15, 0.2) is 11.5 Å². The van der Waals surface area contributed by atoms with Crippen LogP contribution in [0.5, 0.6) is 5.75 Å². The van der Waals surface area contributed by atoms with E-state index in [-0.39, 0.29) is 23.5 Å². The molecule has 1 saturated heterocycles. The molecule has 3 aromatic rings. The molecule has 0 aliphatic carbocycles. The lowest BCUT2D eigenvalue weighted by molar-refractivity contribution is -0.111. The van der Waals surface area contributed by atoms with Crippen molar-refractivity contribution in [3.8, 4) is 5.75 Å². The molecule has 0 radical (unpaired) electrons. The second kappa shape index (κ2) is 10.9. The van der Waals surface area contributed by atoms with Crippen LogP contribution in [0.4, 0.5) is 10.1 Å². The molecular weight excluding hydrogens is 511 g/mol. The third-order valence-corrected chi connectivity index (χ3v) is 8.37. The van der Waals surface area contributed by atoms with E-state index < -0.39 is 5.41 Å². The van der Waals surface area contributed by atoms with Crippen LogP contribution in [0.15, 0.2) is 76.4 Å². The number of ketones is 1. The molecule has 2 aromatic carbocycles. The highest BCUT2D eigenvalue weighted by atomic mass is 19.1. The topological polar surface area (TPSA) is 78.6 Å². The average Bonchev–Trinajstić information content (AvgIpc) is 3.63. The largest absolute Gasteiger partial charge is 0.489 e. The molecule has 2 atom stereocenters. The van der Waals surface area contributed by atoms with E-state index in [9.17, 15) is 14.0 Å². The molecule has 40 heavy (non-hydrogen) atoms. The zero-order chi connectivity index (χ0) is 27.7. The molecule has 1 amide bonds. The fraction of sp³-hybridized carbons (Fsp3) is 0.387. The van der Waals surface area contributed by atoms with E-state index in [1.54, 1.807) is 30.1 Å². The van der Waals surface area contributed by atoms with Crippen LogP contribution in [-0.2, 0) is 10.2 Å². The molecule has 1 fully saturated rings. The molecule has 0 spiro atoms. The van der Waals surface area contributed by atoms with Crippen molar-refractivity contribution in [1.29, 1.82) is 0 Å². The van der Waals surface area contributed by atoms with E-state index in [1.807, 2.05) is 23.1 Å².